The first-order valence-electron chi connectivity index (χ1n) is 9.84. The Morgan fingerprint density at radius 1 is 0.692 bits per heavy atom. The molecule has 3 aromatic rings. The van der Waals surface area contributed by atoms with Crippen LogP contribution in [-0.4, -0.2) is 6.61 Å². The molecule has 0 aliphatic rings. The molecule has 0 unspecified atom stereocenters. The van der Waals surface area contributed by atoms with Crippen LogP contribution in [0.3, 0.4) is 0 Å². The maximum absolute atomic E-state index is 5.85. The third-order valence-electron chi connectivity index (χ3n) is 4.66. The maximum Gasteiger partial charge on any atom is 0.119 e. The summed E-state index contributed by atoms with van der Waals surface area (Å²) in [5.41, 5.74) is 2.18. The minimum Gasteiger partial charge on any atom is -0.494 e. The number of hydrogen-bond acceptors (Lipinski definition) is 2. The van der Waals surface area contributed by atoms with Crippen LogP contribution in [0.15, 0.2) is 66.7 Å². The van der Waals surface area contributed by atoms with E-state index in [0.717, 1.165) is 30.2 Å². The quantitative estimate of drug-likeness (QED) is 0.388. The molecule has 1 N–H and O–H groups in total. The topological polar surface area (TPSA) is 21.3 Å². The van der Waals surface area contributed by atoms with Gasteiger partial charge in [-0.25, -0.2) is 0 Å². The van der Waals surface area contributed by atoms with Crippen LogP contribution in [0, 0.1) is 0 Å². The second-order valence-electron chi connectivity index (χ2n) is 6.83. The van der Waals surface area contributed by atoms with Gasteiger partial charge < -0.3 is 10.1 Å². The smallest absolute Gasteiger partial charge is 0.119 e. The third-order valence-corrected chi connectivity index (χ3v) is 4.66. The molecule has 26 heavy (non-hydrogen) atoms. The van der Waals surface area contributed by atoms with Gasteiger partial charge in [0.05, 0.1) is 6.61 Å². The minimum absolute atomic E-state index is 0.809. The van der Waals surface area contributed by atoms with E-state index in [2.05, 4.69) is 66.8 Å². The first kappa shape index (κ1) is 18.3. The fourth-order valence-electron chi connectivity index (χ4n) is 3.14. The van der Waals surface area contributed by atoms with Crippen molar-refractivity contribution in [1.82, 2.24) is 0 Å². The van der Waals surface area contributed by atoms with E-state index < -0.39 is 0 Å². The van der Waals surface area contributed by atoms with E-state index in [1.165, 1.54) is 42.9 Å². The maximum atomic E-state index is 5.85. The van der Waals surface area contributed by atoms with E-state index in [-0.39, 0.29) is 0 Å². The van der Waals surface area contributed by atoms with Gasteiger partial charge >= 0.3 is 0 Å². The number of hydrogen-bond donors (Lipinski definition) is 1. The van der Waals surface area contributed by atoms with Crippen molar-refractivity contribution >= 4 is 22.1 Å². The highest BCUT2D eigenvalue weighted by atomic mass is 16.5. The standard InChI is InChI=1S/C24H29NO/c1-2-3-4-5-6-9-18-26-24-16-14-22(15-17-24)25-23-13-12-20-10-7-8-11-21(20)19-23/h7-8,10-17,19,25H,2-6,9,18H2,1H3. The van der Waals surface area contributed by atoms with Crippen molar-refractivity contribution in [2.45, 2.75) is 45.4 Å². The largest absolute Gasteiger partial charge is 0.494 e. The fraction of sp³-hybridized carbons (Fsp3) is 0.333. The lowest BCUT2D eigenvalue weighted by Crippen LogP contribution is -1.97. The summed E-state index contributed by atoms with van der Waals surface area (Å²) in [6.45, 7) is 3.06. The summed E-state index contributed by atoms with van der Waals surface area (Å²) in [5, 5.41) is 5.97. The number of fused-ring (bicyclic) bond motifs is 1. The van der Waals surface area contributed by atoms with Gasteiger partial charge in [-0.2, -0.15) is 0 Å². The van der Waals surface area contributed by atoms with Crippen molar-refractivity contribution in [1.29, 1.82) is 0 Å². The van der Waals surface area contributed by atoms with E-state index in [4.69, 9.17) is 4.74 Å². The predicted octanol–water partition coefficient (Wildman–Crippen LogP) is 7.32. The Morgan fingerprint density at radius 3 is 2.19 bits per heavy atom. The molecule has 3 aromatic carbocycles. The lowest BCUT2D eigenvalue weighted by Gasteiger charge is -2.10. The highest BCUT2D eigenvalue weighted by Gasteiger charge is 1.99. The molecule has 0 saturated carbocycles. The average molecular weight is 348 g/mol. The zero-order chi connectivity index (χ0) is 18.0. The lowest BCUT2D eigenvalue weighted by atomic mass is 10.1. The highest BCUT2D eigenvalue weighted by Crippen LogP contribution is 2.24. The Kier molecular flexibility index (Phi) is 6.95. The number of benzene rings is 3. The predicted molar refractivity (Wildman–Crippen MR) is 113 cm³/mol. The monoisotopic (exact) mass is 347 g/mol. The third kappa shape index (κ3) is 5.52. The molecule has 2 nitrogen and oxygen atoms in total. The summed E-state index contributed by atoms with van der Waals surface area (Å²) < 4.78 is 5.85. The summed E-state index contributed by atoms with van der Waals surface area (Å²) in [6, 6.07) is 23.1. The fourth-order valence-corrected chi connectivity index (χ4v) is 3.14. The summed E-state index contributed by atoms with van der Waals surface area (Å²) in [7, 11) is 0. The van der Waals surface area contributed by atoms with Crippen LogP contribution in [-0.2, 0) is 0 Å². The molecular weight excluding hydrogens is 318 g/mol. The van der Waals surface area contributed by atoms with Gasteiger partial charge in [-0.15, -0.1) is 0 Å². The van der Waals surface area contributed by atoms with Crippen molar-refractivity contribution in [3.05, 3.63) is 66.7 Å². The summed E-state index contributed by atoms with van der Waals surface area (Å²) >= 11 is 0. The Labute approximate surface area is 157 Å². The van der Waals surface area contributed by atoms with Crippen LogP contribution in [0.2, 0.25) is 0 Å². The Hall–Kier alpha value is -2.48. The van der Waals surface area contributed by atoms with Crippen LogP contribution in [0.25, 0.3) is 10.8 Å². The molecule has 2 heteroatoms. The first-order valence-corrected chi connectivity index (χ1v) is 9.84. The minimum atomic E-state index is 0.809. The molecule has 3 rings (SSSR count). The van der Waals surface area contributed by atoms with E-state index >= 15 is 0 Å². The van der Waals surface area contributed by atoms with Crippen LogP contribution >= 0.6 is 0 Å². The van der Waals surface area contributed by atoms with Crippen LogP contribution in [0.4, 0.5) is 11.4 Å². The van der Waals surface area contributed by atoms with Crippen molar-refractivity contribution in [3.8, 4) is 5.75 Å². The van der Waals surface area contributed by atoms with Crippen molar-refractivity contribution in [2.24, 2.45) is 0 Å². The molecule has 0 atom stereocenters. The molecule has 0 fully saturated rings. The molecule has 0 heterocycles. The zero-order valence-electron chi connectivity index (χ0n) is 15.7. The lowest BCUT2D eigenvalue weighted by molar-refractivity contribution is 0.304. The number of rotatable bonds is 10. The van der Waals surface area contributed by atoms with Gasteiger partial charge in [-0.3, -0.25) is 0 Å². The van der Waals surface area contributed by atoms with Crippen LogP contribution in [0.5, 0.6) is 5.75 Å². The summed E-state index contributed by atoms with van der Waals surface area (Å²) in [5.74, 6) is 0.947. The van der Waals surface area contributed by atoms with Gasteiger partial charge in [0.15, 0.2) is 0 Å². The molecule has 0 spiro atoms. The van der Waals surface area contributed by atoms with E-state index in [1.54, 1.807) is 0 Å². The number of anilines is 2. The van der Waals surface area contributed by atoms with Crippen molar-refractivity contribution in [3.63, 3.8) is 0 Å². The molecular formula is C24H29NO. The Morgan fingerprint density at radius 2 is 1.38 bits per heavy atom. The SMILES string of the molecule is CCCCCCCCOc1ccc(Nc2ccc3ccccc3c2)cc1. The van der Waals surface area contributed by atoms with Gasteiger partial charge in [-0.05, 0) is 53.6 Å². The van der Waals surface area contributed by atoms with Crippen molar-refractivity contribution in [2.75, 3.05) is 11.9 Å². The average Bonchev–Trinajstić information content (AvgIpc) is 2.68. The van der Waals surface area contributed by atoms with Crippen LogP contribution in [0.1, 0.15) is 45.4 Å². The normalized spacial score (nSPS) is 10.8. The van der Waals surface area contributed by atoms with E-state index in [1.807, 2.05) is 12.1 Å². The molecule has 0 radical (unpaired) electrons. The van der Waals surface area contributed by atoms with Gasteiger partial charge in [0, 0.05) is 11.4 Å². The molecule has 0 bridgehead atoms. The number of nitrogens with one attached hydrogen (secondary N) is 1. The molecule has 136 valence electrons. The van der Waals surface area contributed by atoms with Gasteiger partial charge in [-0.1, -0.05) is 69.4 Å². The van der Waals surface area contributed by atoms with Crippen molar-refractivity contribution < 1.29 is 4.74 Å². The second-order valence-corrected chi connectivity index (χ2v) is 6.83. The van der Waals surface area contributed by atoms with E-state index in [0.29, 0.717) is 0 Å². The summed E-state index contributed by atoms with van der Waals surface area (Å²) in [6.07, 6.45) is 7.74. The first-order chi connectivity index (χ1) is 12.8. The highest BCUT2D eigenvalue weighted by molar-refractivity contribution is 5.86. The van der Waals surface area contributed by atoms with Crippen LogP contribution < -0.4 is 10.1 Å². The zero-order valence-corrected chi connectivity index (χ0v) is 15.7. The molecule has 0 aliphatic heterocycles. The second kappa shape index (κ2) is 9.86. The molecule has 0 saturated heterocycles. The summed E-state index contributed by atoms with van der Waals surface area (Å²) in [4.78, 5) is 0. The molecule has 0 aromatic heterocycles. The molecule has 0 amide bonds. The Balaban J connectivity index is 1.46. The number of unbranched alkanes of at least 4 members (excludes halogenated alkanes) is 5. The van der Waals surface area contributed by atoms with E-state index in [9.17, 15) is 0 Å². The van der Waals surface area contributed by atoms with Gasteiger partial charge in [0.2, 0.25) is 0 Å². The van der Waals surface area contributed by atoms with Gasteiger partial charge in [0.1, 0.15) is 5.75 Å². The van der Waals surface area contributed by atoms with Gasteiger partial charge in [0.25, 0.3) is 0 Å². The number of ether oxygens (including phenoxy) is 1. The molecule has 0 aliphatic carbocycles. The Bertz CT molecular complexity index is 795.